The minimum Gasteiger partial charge on any atom is -0.459 e. The number of ether oxygens (including phenoxy) is 1. The molecule has 4 rings (SSSR count). The number of carbonyl (C=O) groups is 2. The van der Waals surface area contributed by atoms with E-state index in [1.165, 1.54) is 12.0 Å². The number of fused-ring (bicyclic) bond motifs is 5. The van der Waals surface area contributed by atoms with Crippen LogP contribution in [0.5, 0.6) is 0 Å². The first-order valence-electron chi connectivity index (χ1n) is 10.9. The lowest BCUT2D eigenvalue weighted by molar-refractivity contribution is -0.146. The van der Waals surface area contributed by atoms with E-state index in [2.05, 4.69) is 19.9 Å². The lowest BCUT2D eigenvalue weighted by Gasteiger charge is -2.56. The molecule has 0 aliphatic heterocycles. The Morgan fingerprint density at radius 3 is 2.59 bits per heavy atom. The predicted octanol–water partition coefficient (Wildman–Crippen LogP) is 5.40. The predicted molar refractivity (Wildman–Crippen MR) is 106 cm³/mol. The smallest absolute Gasteiger partial charge is 0.333 e. The van der Waals surface area contributed by atoms with Gasteiger partial charge in [-0.2, -0.15) is 0 Å². The van der Waals surface area contributed by atoms with Crippen LogP contribution < -0.4 is 0 Å². The molecule has 0 heterocycles. The standard InChI is InChI=1S/C24H34O3/c1-5-15(2)22(26)27-17-10-12-23(3)16(14-17)6-7-18-19-8-9-21(25)24(19,4)13-11-20(18)23/h5-6,17-20H,7-14H2,1-4H3/b15-5+/t17-,18-,19-,20-,23-,24-/m0/s1. The van der Waals surface area contributed by atoms with Crippen molar-refractivity contribution in [1.82, 2.24) is 0 Å². The largest absolute Gasteiger partial charge is 0.459 e. The van der Waals surface area contributed by atoms with Gasteiger partial charge in [-0.1, -0.05) is 31.6 Å². The molecule has 0 unspecified atom stereocenters. The summed E-state index contributed by atoms with van der Waals surface area (Å²) in [5.41, 5.74) is 2.38. The van der Waals surface area contributed by atoms with Gasteiger partial charge in [-0.3, -0.25) is 4.79 Å². The Labute approximate surface area is 163 Å². The van der Waals surface area contributed by atoms with Crippen LogP contribution in [0.1, 0.15) is 79.1 Å². The highest BCUT2D eigenvalue weighted by molar-refractivity contribution is 5.88. The normalized spacial score (nSPS) is 44.1. The zero-order valence-corrected chi connectivity index (χ0v) is 17.3. The number of ketones is 1. The molecule has 0 amide bonds. The first-order valence-corrected chi connectivity index (χ1v) is 10.9. The van der Waals surface area contributed by atoms with Crippen LogP contribution in [0.15, 0.2) is 23.3 Å². The van der Waals surface area contributed by atoms with Crippen molar-refractivity contribution in [2.24, 2.45) is 28.6 Å². The number of Topliss-reactive ketones (excluding diaryl/α,β-unsaturated/α-hetero) is 1. The van der Waals surface area contributed by atoms with Crippen LogP contribution >= 0.6 is 0 Å². The third-order valence-corrected chi connectivity index (χ3v) is 8.80. The minimum atomic E-state index is -0.168. The Morgan fingerprint density at radius 1 is 1.15 bits per heavy atom. The molecule has 0 aromatic carbocycles. The number of hydrogen-bond donors (Lipinski definition) is 0. The van der Waals surface area contributed by atoms with E-state index in [1.807, 2.05) is 19.9 Å². The average molecular weight is 371 g/mol. The molecule has 0 aromatic heterocycles. The highest BCUT2D eigenvalue weighted by Crippen LogP contribution is 2.64. The van der Waals surface area contributed by atoms with Crippen molar-refractivity contribution in [1.29, 1.82) is 0 Å². The van der Waals surface area contributed by atoms with Crippen LogP contribution in [-0.2, 0) is 14.3 Å². The summed E-state index contributed by atoms with van der Waals surface area (Å²) in [4.78, 5) is 24.7. The molecule has 3 fully saturated rings. The maximum absolute atomic E-state index is 12.5. The van der Waals surface area contributed by atoms with Gasteiger partial charge in [0.2, 0.25) is 0 Å². The fourth-order valence-corrected chi connectivity index (χ4v) is 6.86. The van der Waals surface area contributed by atoms with Crippen LogP contribution in [0.3, 0.4) is 0 Å². The number of allylic oxidation sites excluding steroid dienone is 2. The quantitative estimate of drug-likeness (QED) is 0.371. The second-order valence-electron chi connectivity index (χ2n) is 9.92. The van der Waals surface area contributed by atoms with Crippen LogP contribution in [0, 0.1) is 28.6 Å². The molecular weight excluding hydrogens is 336 g/mol. The minimum absolute atomic E-state index is 0.0187. The Balaban J connectivity index is 1.53. The van der Waals surface area contributed by atoms with Crippen molar-refractivity contribution in [3.8, 4) is 0 Å². The van der Waals surface area contributed by atoms with Crippen molar-refractivity contribution in [3.05, 3.63) is 23.3 Å². The highest BCUT2D eigenvalue weighted by atomic mass is 16.5. The van der Waals surface area contributed by atoms with Crippen LogP contribution in [-0.4, -0.2) is 17.9 Å². The molecule has 4 aliphatic carbocycles. The van der Waals surface area contributed by atoms with E-state index >= 15 is 0 Å². The Hall–Kier alpha value is -1.38. The van der Waals surface area contributed by atoms with Gasteiger partial charge in [-0.15, -0.1) is 0 Å². The van der Waals surface area contributed by atoms with Crippen LogP contribution in [0.25, 0.3) is 0 Å². The summed E-state index contributed by atoms with van der Waals surface area (Å²) < 4.78 is 5.78. The van der Waals surface area contributed by atoms with Gasteiger partial charge in [0.25, 0.3) is 0 Å². The maximum Gasteiger partial charge on any atom is 0.333 e. The van der Waals surface area contributed by atoms with E-state index in [-0.39, 0.29) is 22.9 Å². The van der Waals surface area contributed by atoms with Crippen molar-refractivity contribution < 1.29 is 14.3 Å². The summed E-state index contributed by atoms with van der Waals surface area (Å²) >= 11 is 0. The molecule has 6 atom stereocenters. The van der Waals surface area contributed by atoms with Crippen molar-refractivity contribution in [2.75, 3.05) is 0 Å². The molecule has 0 N–H and O–H groups in total. The molecule has 0 spiro atoms. The second kappa shape index (κ2) is 6.60. The van der Waals surface area contributed by atoms with Crippen molar-refractivity contribution >= 4 is 11.8 Å². The molecule has 0 bridgehead atoms. The van der Waals surface area contributed by atoms with E-state index in [0.717, 1.165) is 44.9 Å². The molecule has 27 heavy (non-hydrogen) atoms. The molecule has 0 saturated heterocycles. The maximum atomic E-state index is 12.5. The fourth-order valence-electron chi connectivity index (χ4n) is 6.86. The van der Waals surface area contributed by atoms with Gasteiger partial charge in [0.1, 0.15) is 11.9 Å². The van der Waals surface area contributed by atoms with E-state index in [1.54, 1.807) is 0 Å². The lowest BCUT2D eigenvalue weighted by atomic mass is 9.48. The van der Waals surface area contributed by atoms with E-state index in [4.69, 9.17) is 4.74 Å². The number of carbonyl (C=O) groups excluding carboxylic acids is 2. The van der Waals surface area contributed by atoms with Gasteiger partial charge in [-0.05, 0) is 75.5 Å². The molecule has 0 aromatic rings. The van der Waals surface area contributed by atoms with Crippen LogP contribution in [0.4, 0.5) is 0 Å². The third kappa shape index (κ3) is 2.84. The topological polar surface area (TPSA) is 43.4 Å². The molecular formula is C24H34O3. The SMILES string of the molecule is C/C=C(\C)C(=O)O[C@H]1CC[C@@]2(C)C(=CC[C@@H]3[C@@H]2CC[C@]2(C)C(=O)CC[C@@H]32)C1. The Kier molecular flexibility index (Phi) is 4.63. The molecule has 4 aliphatic rings. The Bertz CT molecular complexity index is 717. The second-order valence-corrected chi connectivity index (χ2v) is 9.92. The number of esters is 1. The molecule has 3 heteroatoms. The van der Waals surface area contributed by atoms with Gasteiger partial charge in [-0.25, -0.2) is 4.79 Å². The van der Waals surface area contributed by atoms with Gasteiger partial charge in [0, 0.05) is 23.8 Å². The molecule has 0 radical (unpaired) electrons. The van der Waals surface area contributed by atoms with E-state index in [9.17, 15) is 9.59 Å². The van der Waals surface area contributed by atoms with Gasteiger partial charge in [0.05, 0.1) is 0 Å². The summed E-state index contributed by atoms with van der Waals surface area (Å²) in [5, 5.41) is 0. The summed E-state index contributed by atoms with van der Waals surface area (Å²) in [6.07, 6.45) is 12.5. The van der Waals surface area contributed by atoms with Crippen molar-refractivity contribution in [3.63, 3.8) is 0 Å². The number of rotatable bonds is 2. The summed E-state index contributed by atoms with van der Waals surface area (Å²) in [7, 11) is 0. The van der Waals surface area contributed by atoms with E-state index in [0.29, 0.717) is 29.1 Å². The Morgan fingerprint density at radius 2 is 1.85 bits per heavy atom. The van der Waals surface area contributed by atoms with Gasteiger partial charge in [0.15, 0.2) is 0 Å². The summed E-state index contributed by atoms with van der Waals surface area (Å²) in [5.74, 6) is 2.27. The average Bonchev–Trinajstić information content (AvgIpc) is 2.96. The third-order valence-electron chi connectivity index (χ3n) is 8.80. The first kappa shape index (κ1) is 19.0. The van der Waals surface area contributed by atoms with E-state index < -0.39 is 0 Å². The zero-order valence-electron chi connectivity index (χ0n) is 17.3. The lowest BCUT2D eigenvalue weighted by Crippen LogP contribution is -2.50. The van der Waals surface area contributed by atoms with Gasteiger partial charge >= 0.3 is 5.97 Å². The fraction of sp³-hybridized carbons (Fsp3) is 0.750. The summed E-state index contributed by atoms with van der Waals surface area (Å²) in [6.45, 7) is 8.39. The van der Waals surface area contributed by atoms with Crippen molar-refractivity contribution in [2.45, 2.75) is 85.2 Å². The van der Waals surface area contributed by atoms with Crippen LogP contribution in [0.2, 0.25) is 0 Å². The number of hydrogen-bond acceptors (Lipinski definition) is 3. The molecule has 3 nitrogen and oxygen atoms in total. The summed E-state index contributed by atoms with van der Waals surface area (Å²) in [6, 6.07) is 0. The highest BCUT2D eigenvalue weighted by Gasteiger charge is 2.58. The zero-order chi connectivity index (χ0) is 19.4. The molecule has 148 valence electrons. The van der Waals surface area contributed by atoms with Gasteiger partial charge < -0.3 is 4.74 Å². The monoisotopic (exact) mass is 370 g/mol. The first-order chi connectivity index (χ1) is 12.8. The molecule has 3 saturated carbocycles.